The molecular weight excluding hydrogens is 368 g/mol. The molecule has 0 radical (unpaired) electrons. The van der Waals surface area contributed by atoms with Crippen LogP contribution in [0.5, 0.6) is 5.75 Å². The van der Waals surface area contributed by atoms with Crippen molar-refractivity contribution in [1.82, 2.24) is 9.97 Å². The maximum absolute atomic E-state index is 5.87. The second kappa shape index (κ2) is 15.0. The van der Waals surface area contributed by atoms with Crippen LogP contribution in [0.3, 0.4) is 0 Å². The monoisotopic (exact) mass is 410 g/mol. The summed E-state index contributed by atoms with van der Waals surface area (Å²) in [5.74, 6) is 2.41. The smallest absolute Gasteiger partial charge is 0.159 e. The molecule has 1 heterocycles. The van der Waals surface area contributed by atoms with Crippen LogP contribution in [0.25, 0.3) is 11.4 Å². The molecule has 3 nitrogen and oxygen atoms in total. The van der Waals surface area contributed by atoms with Crippen molar-refractivity contribution < 1.29 is 4.74 Å². The van der Waals surface area contributed by atoms with E-state index in [1.165, 1.54) is 69.8 Å². The Hall–Kier alpha value is -1.90. The van der Waals surface area contributed by atoms with Gasteiger partial charge < -0.3 is 4.74 Å². The normalized spacial score (nSPS) is 12.1. The lowest BCUT2D eigenvalue weighted by atomic mass is 9.96. The maximum atomic E-state index is 5.87. The molecule has 0 spiro atoms. The Morgan fingerprint density at radius 1 is 0.767 bits per heavy atom. The first-order valence-corrected chi connectivity index (χ1v) is 12.3. The van der Waals surface area contributed by atoms with Crippen LogP contribution in [0.2, 0.25) is 0 Å². The topological polar surface area (TPSA) is 35.0 Å². The number of benzene rings is 1. The molecule has 0 aliphatic rings. The van der Waals surface area contributed by atoms with Gasteiger partial charge in [0.25, 0.3) is 0 Å². The fourth-order valence-corrected chi connectivity index (χ4v) is 3.81. The largest absolute Gasteiger partial charge is 0.494 e. The fraction of sp³-hybridized carbons (Fsp3) is 0.630. The van der Waals surface area contributed by atoms with Gasteiger partial charge in [0.1, 0.15) is 5.75 Å². The van der Waals surface area contributed by atoms with Crippen LogP contribution in [0.1, 0.15) is 97.0 Å². The van der Waals surface area contributed by atoms with Crippen molar-refractivity contribution in [3.63, 3.8) is 0 Å². The lowest BCUT2D eigenvalue weighted by Gasteiger charge is -2.11. The van der Waals surface area contributed by atoms with E-state index in [1.54, 1.807) is 0 Å². The zero-order chi connectivity index (χ0) is 21.4. The summed E-state index contributed by atoms with van der Waals surface area (Å²) in [4.78, 5) is 9.20. The highest BCUT2D eigenvalue weighted by molar-refractivity contribution is 5.55. The summed E-state index contributed by atoms with van der Waals surface area (Å²) < 4.78 is 5.87. The third kappa shape index (κ3) is 9.73. The summed E-state index contributed by atoms with van der Waals surface area (Å²) in [6.45, 7) is 7.65. The maximum Gasteiger partial charge on any atom is 0.159 e. The highest BCUT2D eigenvalue weighted by Crippen LogP contribution is 2.21. The molecule has 2 rings (SSSR count). The second-order valence-electron chi connectivity index (χ2n) is 8.71. The molecule has 1 aromatic heterocycles. The molecule has 0 saturated heterocycles. The quantitative estimate of drug-likeness (QED) is 0.263. The van der Waals surface area contributed by atoms with Crippen LogP contribution >= 0.6 is 0 Å². The van der Waals surface area contributed by atoms with Crippen molar-refractivity contribution in [2.24, 2.45) is 5.92 Å². The lowest BCUT2D eigenvalue weighted by molar-refractivity contribution is 0.304. The molecule has 0 amide bonds. The molecule has 3 heteroatoms. The first-order chi connectivity index (χ1) is 14.7. The Morgan fingerprint density at radius 2 is 1.37 bits per heavy atom. The van der Waals surface area contributed by atoms with Crippen molar-refractivity contribution in [2.45, 2.75) is 97.8 Å². The molecule has 1 aromatic carbocycles. The molecule has 0 fully saturated rings. The Bertz CT molecular complexity index is 666. The first kappa shape index (κ1) is 24.4. The van der Waals surface area contributed by atoms with Crippen LogP contribution in [0, 0.1) is 5.92 Å². The van der Waals surface area contributed by atoms with E-state index in [0.717, 1.165) is 36.6 Å². The number of hydrogen-bond donors (Lipinski definition) is 0. The van der Waals surface area contributed by atoms with Gasteiger partial charge in [0.2, 0.25) is 0 Å². The van der Waals surface area contributed by atoms with Crippen molar-refractivity contribution in [1.29, 1.82) is 0 Å². The van der Waals surface area contributed by atoms with Gasteiger partial charge in [-0.2, -0.15) is 0 Å². The number of hydrogen-bond acceptors (Lipinski definition) is 3. The molecule has 1 unspecified atom stereocenters. The summed E-state index contributed by atoms with van der Waals surface area (Å²) in [7, 11) is 0. The van der Waals surface area contributed by atoms with E-state index in [0.29, 0.717) is 5.92 Å². The van der Waals surface area contributed by atoms with E-state index in [9.17, 15) is 0 Å². The van der Waals surface area contributed by atoms with Gasteiger partial charge in [-0.1, -0.05) is 85.0 Å². The molecule has 1 atom stereocenters. The zero-order valence-corrected chi connectivity index (χ0v) is 19.5. The Kier molecular flexibility index (Phi) is 12.2. The summed E-state index contributed by atoms with van der Waals surface area (Å²) in [6, 6.07) is 8.17. The van der Waals surface area contributed by atoms with E-state index in [1.807, 2.05) is 24.5 Å². The number of nitrogens with zero attached hydrogens (tertiary/aromatic N) is 2. The van der Waals surface area contributed by atoms with E-state index in [2.05, 4.69) is 42.9 Å². The van der Waals surface area contributed by atoms with E-state index < -0.39 is 0 Å². The van der Waals surface area contributed by atoms with Gasteiger partial charge in [0.05, 0.1) is 6.61 Å². The van der Waals surface area contributed by atoms with Crippen LogP contribution in [-0.2, 0) is 6.42 Å². The van der Waals surface area contributed by atoms with E-state index >= 15 is 0 Å². The van der Waals surface area contributed by atoms with Crippen molar-refractivity contribution in [3.05, 3.63) is 42.2 Å². The molecule has 0 saturated carbocycles. The third-order valence-corrected chi connectivity index (χ3v) is 5.72. The number of rotatable bonds is 16. The number of ether oxygens (including phenoxy) is 1. The lowest BCUT2D eigenvalue weighted by Crippen LogP contribution is -2.02. The fourth-order valence-electron chi connectivity index (χ4n) is 3.81. The van der Waals surface area contributed by atoms with E-state index in [-0.39, 0.29) is 0 Å². The van der Waals surface area contributed by atoms with Gasteiger partial charge in [-0.15, -0.1) is 0 Å². The second-order valence-corrected chi connectivity index (χ2v) is 8.71. The van der Waals surface area contributed by atoms with Gasteiger partial charge in [-0.25, -0.2) is 9.97 Å². The summed E-state index contributed by atoms with van der Waals surface area (Å²) >= 11 is 0. The van der Waals surface area contributed by atoms with Crippen LogP contribution < -0.4 is 4.74 Å². The summed E-state index contributed by atoms with van der Waals surface area (Å²) in [5, 5.41) is 0. The molecule has 0 aliphatic carbocycles. The van der Waals surface area contributed by atoms with Gasteiger partial charge in [0.15, 0.2) is 5.82 Å². The molecule has 0 bridgehead atoms. The minimum atomic E-state index is 0.694. The number of unbranched alkanes of at least 4 members (excludes halogenated alkanes) is 8. The highest BCUT2D eigenvalue weighted by Gasteiger charge is 2.07. The van der Waals surface area contributed by atoms with Crippen molar-refractivity contribution in [3.8, 4) is 17.1 Å². The van der Waals surface area contributed by atoms with E-state index in [4.69, 9.17) is 4.74 Å². The van der Waals surface area contributed by atoms with Gasteiger partial charge in [0, 0.05) is 18.0 Å². The molecule has 166 valence electrons. The third-order valence-electron chi connectivity index (χ3n) is 5.72. The Morgan fingerprint density at radius 3 is 2.03 bits per heavy atom. The average Bonchev–Trinajstić information content (AvgIpc) is 2.77. The predicted octanol–water partition coefficient (Wildman–Crippen LogP) is 8.03. The molecule has 0 N–H and O–H groups in total. The Balaban J connectivity index is 1.73. The van der Waals surface area contributed by atoms with Crippen LogP contribution in [0.4, 0.5) is 0 Å². The Labute approximate surface area is 184 Å². The summed E-state index contributed by atoms with van der Waals surface area (Å²) in [6.07, 6.45) is 19.4. The molecule has 0 aliphatic heterocycles. The molecule has 2 aromatic rings. The van der Waals surface area contributed by atoms with Crippen molar-refractivity contribution >= 4 is 0 Å². The molecule has 30 heavy (non-hydrogen) atoms. The average molecular weight is 411 g/mol. The van der Waals surface area contributed by atoms with Crippen LogP contribution in [0.15, 0.2) is 36.7 Å². The van der Waals surface area contributed by atoms with Gasteiger partial charge >= 0.3 is 0 Å². The van der Waals surface area contributed by atoms with Gasteiger partial charge in [-0.05, 0) is 48.6 Å². The highest BCUT2D eigenvalue weighted by atomic mass is 16.5. The summed E-state index contributed by atoms with van der Waals surface area (Å²) in [5.41, 5.74) is 2.28. The van der Waals surface area contributed by atoms with Crippen LogP contribution in [-0.4, -0.2) is 16.6 Å². The SMILES string of the molecule is CCCCCCCCOc1ccc(-c2ncc(CC(C)CCCCCC)cn2)cc1. The van der Waals surface area contributed by atoms with Crippen molar-refractivity contribution in [2.75, 3.05) is 6.61 Å². The first-order valence-electron chi connectivity index (χ1n) is 12.3. The minimum Gasteiger partial charge on any atom is -0.494 e. The zero-order valence-electron chi connectivity index (χ0n) is 19.5. The van der Waals surface area contributed by atoms with Gasteiger partial charge in [-0.3, -0.25) is 0 Å². The predicted molar refractivity (Wildman–Crippen MR) is 128 cm³/mol. The number of aromatic nitrogens is 2. The standard InChI is InChI=1S/C27H42N2O/c1-4-6-8-10-11-13-19-30-26-17-15-25(16-18-26)27-28-21-24(22-29-27)20-23(3)14-12-9-7-5-2/h15-18,21-23H,4-14,19-20H2,1-3H3. The molecular formula is C27H42N2O. The minimum absolute atomic E-state index is 0.694.